The average Bonchev–Trinajstić information content (AvgIpc) is 2.50. The third kappa shape index (κ3) is 49.5. The van der Waals surface area contributed by atoms with Crippen molar-refractivity contribution in [2.24, 2.45) is 0 Å². The zero-order valence-corrected chi connectivity index (χ0v) is 18.7. The molecule has 1 atom stereocenters. The summed E-state index contributed by atoms with van der Waals surface area (Å²) >= 11 is 0. The number of hydrogen-bond acceptors (Lipinski definition) is 4. The van der Waals surface area contributed by atoms with Crippen molar-refractivity contribution in [2.75, 3.05) is 19.8 Å². The molecule has 1 unspecified atom stereocenters. The van der Waals surface area contributed by atoms with Crippen LogP contribution in [0.3, 0.4) is 0 Å². The summed E-state index contributed by atoms with van der Waals surface area (Å²) in [7, 11) is 0. The molecule has 0 radical (unpaired) electrons. The van der Waals surface area contributed by atoms with E-state index in [1.807, 2.05) is 13.8 Å². The van der Waals surface area contributed by atoms with Gasteiger partial charge < -0.3 is 21.5 Å². The van der Waals surface area contributed by atoms with Gasteiger partial charge in [-0.3, -0.25) is 4.79 Å². The van der Waals surface area contributed by atoms with Crippen molar-refractivity contribution in [2.45, 2.75) is 91.6 Å². The van der Waals surface area contributed by atoms with E-state index in [0.717, 1.165) is 33.0 Å². The Morgan fingerprint density at radius 1 is 0.958 bits per heavy atom. The molecule has 0 rings (SSSR count). The van der Waals surface area contributed by atoms with Crippen LogP contribution in [0, 0.1) is 0 Å². The Hall–Kier alpha value is 0.350. The fourth-order valence-electron chi connectivity index (χ4n) is 1.81. The number of aliphatic hydroxyl groups excluding tert-OH is 2. The van der Waals surface area contributed by atoms with Gasteiger partial charge in [-0.05, 0) is 20.3 Å². The first kappa shape index (κ1) is 32.1. The fraction of sp³-hybridized carbons (Fsp3) is 0.944. The number of hydrogen-bond donors (Lipinski definition) is 3. The van der Waals surface area contributed by atoms with Crippen molar-refractivity contribution < 1.29 is 55.8 Å². The molecule has 0 aliphatic rings. The fourth-order valence-corrected chi connectivity index (χ4v) is 1.81. The molecule has 144 valence electrons. The first-order chi connectivity index (χ1) is 11.0. The maximum atomic E-state index is 9.08. The number of carbonyl (C=O) groups is 1. The molecular weight excluding hydrogens is 319 g/mol. The van der Waals surface area contributed by atoms with Gasteiger partial charge in [0.05, 0.1) is 12.7 Å². The van der Waals surface area contributed by atoms with Crippen LogP contribution in [0.25, 0.3) is 0 Å². The van der Waals surface area contributed by atoms with E-state index in [0.29, 0.717) is 0 Å². The number of unbranched alkanes of at least 4 members (excludes halogenated alkanes) is 7. The SMILES string of the molecule is CC(=O)O.CCCCCCCCCCC(O)CO.CCOCC.[H-].[Na+]. The van der Waals surface area contributed by atoms with Crippen molar-refractivity contribution in [3.63, 3.8) is 0 Å². The van der Waals surface area contributed by atoms with Crippen LogP contribution in [0.5, 0.6) is 0 Å². The van der Waals surface area contributed by atoms with E-state index < -0.39 is 12.1 Å². The molecule has 3 N–H and O–H groups in total. The molecule has 0 fully saturated rings. The second-order valence-electron chi connectivity index (χ2n) is 5.40. The first-order valence-electron chi connectivity index (χ1n) is 9.02. The Morgan fingerprint density at radius 2 is 1.33 bits per heavy atom. The number of ether oxygens (including phenoxy) is 1. The predicted octanol–water partition coefficient (Wildman–Crippen LogP) is 1.12. The second-order valence-corrected chi connectivity index (χ2v) is 5.40. The van der Waals surface area contributed by atoms with Crippen LogP contribution in [-0.2, 0) is 9.53 Å². The van der Waals surface area contributed by atoms with Crippen molar-refractivity contribution in [1.29, 1.82) is 0 Å². The number of carboxylic acids is 1. The maximum absolute atomic E-state index is 9.08. The molecule has 0 saturated carbocycles. The van der Waals surface area contributed by atoms with Crippen LogP contribution < -0.4 is 29.6 Å². The van der Waals surface area contributed by atoms with Gasteiger partial charge in [-0.1, -0.05) is 58.3 Å². The number of rotatable bonds is 12. The van der Waals surface area contributed by atoms with Gasteiger partial charge in [-0.15, -0.1) is 0 Å². The second kappa shape index (κ2) is 31.2. The molecule has 0 aliphatic carbocycles. The van der Waals surface area contributed by atoms with Crippen LogP contribution in [0.4, 0.5) is 0 Å². The van der Waals surface area contributed by atoms with E-state index in [-0.39, 0.29) is 37.6 Å². The Kier molecular flexibility index (Phi) is 41.6. The molecule has 0 heterocycles. The smallest absolute Gasteiger partial charge is 1.00 e. The molecule has 0 aromatic rings. The summed E-state index contributed by atoms with van der Waals surface area (Å²) in [6, 6.07) is 0. The summed E-state index contributed by atoms with van der Waals surface area (Å²) < 4.78 is 4.83. The minimum atomic E-state index is -0.833. The summed E-state index contributed by atoms with van der Waals surface area (Å²) in [5, 5.41) is 25.1. The standard InChI is InChI=1S/C12H26O2.C4H10O.C2H4O2.Na.H/c1-2-3-4-5-6-7-8-9-10-12(14)11-13;1-3-5-4-2;1-2(3)4;;/h12-14H,2-11H2,1H3;3-4H2,1-2H3;1H3,(H,3,4);;/q;;;+1;-1. The van der Waals surface area contributed by atoms with E-state index in [1.165, 1.54) is 44.9 Å². The Bertz CT molecular complexity index is 216. The third-order valence-electron chi connectivity index (χ3n) is 3.01. The van der Waals surface area contributed by atoms with Gasteiger partial charge in [0.1, 0.15) is 0 Å². The van der Waals surface area contributed by atoms with Crippen molar-refractivity contribution in [1.82, 2.24) is 0 Å². The Morgan fingerprint density at radius 3 is 1.62 bits per heavy atom. The molecule has 5 nitrogen and oxygen atoms in total. The number of aliphatic hydroxyl groups is 2. The molecule has 24 heavy (non-hydrogen) atoms. The van der Waals surface area contributed by atoms with Crippen molar-refractivity contribution >= 4 is 5.97 Å². The minimum Gasteiger partial charge on any atom is -1.00 e. The molecular formula is C18H41NaO5. The largest absolute Gasteiger partial charge is 1.00 e. The van der Waals surface area contributed by atoms with E-state index in [1.54, 1.807) is 0 Å². The van der Waals surface area contributed by atoms with Gasteiger partial charge in [0.15, 0.2) is 0 Å². The summed E-state index contributed by atoms with van der Waals surface area (Å²) in [5.74, 6) is -0.833. The van der Waals surface area contributed by atoms with Crippen LogP contribution in [0.2, 0.25) is 0 Å². The van der Waals surface area contributed by atoms with Crippen molar-refractivity contribution in [3.8, 4) is 0 Å². The quantitative estimate of drug-likeness (QED) is 0.359. The molecule has 0 saturated heterocycles. The molecule has 0 aromatic carbocycles. The average molecular weight is 361 g/mol. The first-order valence-corrected chi connectivity index (χ1v) is 9.02. The molecule has 0 amide bonds. The Balaban J connectivity index is -0.000000102. The predicted molar refractivity (Wildman–Crippen MR) is 96.9 cm³/mol. The van der Waals surface area contributed by atoms with Gasteiger partial charge in [0.25, 0.3) is 5.97 Å². The van der Waals surface area contributed by atoms with E-state index in [4.69, 9.17) is 24.9 Å². The minimum absolute atomic E-state index is 0. The number of aliphatic carboxylic acids is 1. The van der Waals surface area contributed by atoms with E-state index in [2.05, 4.69) is 6.92 Å². The van der Waals surface area contributed by atoms with Crippen LogP contribution in [-0.4, -0.2) is 47.2 Å². The summed E-state index contributed by atoms with van der Waals surface area (Å²) in [4.78, 5) is 9.00. The topological polar surface area (TPSA) is 87.0 Å². The van der Waals surface area contributed by atoms with Gasteiger partial charge in [-0.2, -0.15) is 0 Å². The zero-order valence-electron chi connectivity index (χ0n) is 17.7. The van der Waals surface area contributed by atoms with Crippen LogP contribution >= 0.6 is 0 Å². The van der Waals surface area contributed by atoms with E-state index >= 15 is 0 Å². The maximum Gasteiger partial charge on any atom is 1.00 e. The molecule has 0 bridgehead atoms. The van der Waals surface area contributed by atoms with Gasteiger partial charge in [0, 0.05) is 20.1 Å². The molecule has 6 heteroatoms. The van der Waals surface area contributed by atoms with Crippen molar-refractivity contribution in [3.05, 3.63) is 0 Å². The molecule has 0 aromatic heterocycles. The summed E-state index contributed by atoms with van der Waals surface area (Å²) in [5.41, 5.74) is 0. The Labute approximate surface area is 173 Å². The van der Waals surface area contributed by atoms with E-state index in [9.17, 15) is 0 Å². The molecule has 0 spiro atoms. The molecule has 0 aliphatic heterocycles. The van der Waals surface area contributed by atoms with Crippen LogP contribution in [0.1, 0.15) is 86.9 Å². The monoisotopic (exact) mass is 360 g/mol. The van der Waals surface area contributed by atoms with Gasteiger partial charge in [0.2, 0.25) is 0 Å². The normalized spacial score (nSPS) is 10.4. The summed E-state index contributed by atoms with van der Waals surface area (Å²) in [6.07, 6.45) is 10.5. The van der Waals surface area contributed by atoms with Gasteiger partial charge >= 0.3 is 29.6 Å². The number of carboxylic acid groups (broad SMARTS) is 1. The van der Waals surface area contributed by atoms with Gasteiger partial charge in [-0.25, -0.2) is 0 Å². The third-order valence-corrected chi connectivity index (χ3v) is 3.01. The van der Waals surface area contributed by atoms with Crippen LogP contribution in [0.15, 0.2) is 0 Å². The zero-order chi connectivity index (χ0) is 18.3. The summed E-state index contributed by atoms with van der Waals surface area (Å²) in [6.45, 7) is 8.90.